The van der Waals surface area contributed by atoms with Crippen LogP contribution in [0.5, 0.6) is 0 Å². The lowest BCUT2D eigenvalue weighted by Gasteiger charge is -2.25. The number of fused-ring (bicyclic) bond motifs is 1. The van der Waals surface area contributed by atoms with Gasteiger partial charge < -0.3 is 0 Å². The first-order valence-corrected chi connectivity index (χ1v) is 6.27. The number of carbonyl (C=O) groups is 1. The molecule has 88 valence electrons. The van der Waals surface area contributed by atoms with Crippen molar-refractivity contribution in [3.8, 4) is 0 Å². The van der Waals surface area contributed by atoms with Crippen LogP contribution in [-0.2, 0) is 4.79 Å². The van der Waals surface area contributed by atoms with Crippen LogP contribution in [0.3, 0.4) is 0 Å². The van der Waals surface area contributed by atoms with E-state index in [1.165, 1.54) is 0 Å². The first-order valence-electron chi connectivity index (χ1n) is 6.27. The van der Waals surface area contributed by atoms with Crippen molar-refractivity contribution in [2.45, 2.75) is 39.8 Å². The highest BCUT2D eigenvalue weighted by Crippen LogP contribution is 2.50. The average Bonchev–Trinajstić information content (AvgIpc) is 2.98. The highest BCUT2D eigenvalue weighted by Gasteiger charge is 2.59. The average molecular weight is 220 g/mol. The summed E-state index contributed by atoms with van der Waals surface area (Å²) in [7, 11) is 0. The molecular formula is C13H20N2O. The molecule has 5 unspecified atom stereocenters. The normalized spacial score (nSPS) is 35.1. The van der Waals surface area contributed by atoms with Crippen LogP contribution in [0.1, 0.15) is 33.6 Å². The Morgan fingerprint density at radius 2 is 2.25 bits per heavy atom. The van der Waals surface area contributed by atoms with Crippen LogP contribution in [-0.4, -0.2) is 23.5 Å². The summed E-state index contributed by atoms with van der Waals surface area (Å²) in [5.41, 5.74) is 0. The molecule has 5 atom stereocenters. The minimum atomic E-state index is -0.149. The Kier molecular flexibility index (Phi) is 2.92. The molecule has 16 heavy (non-hydrogen) atoms. The molecule has 1 amide bonds. The van der Waals surface area contributed by atoms with Gasteiger partial charge in [0, 0.05) is 12.5 Å². The lowest BCUT2D eigenvalue weighted by Crippen LogP contribution is -2.41. The van der Waals surface area contributed by atoms with Gasteiger partial charge in [-0.1, -0.05) is 27.2 Å². The smallest absolute Gasteiger partial charge is 0.289 e. The Bertz CT molecular complexity index is 333. The van der Waals surface area contributed by atoms with E-state index in [2.05, 4.69) is 18.7 Å². The fourth-order valence-corrected chi connectivity index (χ4v) is 2.68. The molecule has 0 aromatic rings. The van der Waals surface area contributed by atoms with Gasteiger partial charge in [-0.2, -0.15) is 0 Å². The molecular weight excluding hydrogens is 200 g/mol. The SMILES string of the molecule is [C-]#[N+]C1C2CC2CN1C(=O)C(C)C(C)CC. The maximum absolute atomic E-state index is 12.3. The van der Waals surface area contributed by atoms with E-state index >= 15 is 0 Å². The molecule has 0 aromatic heterocycles. The minimum absolute atomic E-state index is 0.0618. The van der Waals surface area contributed by atoms with Crippen molar-refractivity contribution in [1.82, 2.24) is 4.90 Å². The van der Waals surface area contributed by atoms with Gasteiger partial charge in [-0.3, -0.25) is 14.5 Å². The van der Waals surface area contributed by atoms with E-state index in [-0.39, 0.29) is 18.0 Å². The molecule has 0 spiro atoms. The molecule has 0 aromatic carbocycles. The van der Waals surface area contributed by atoms with Crippen molar-refractivity contribution in [3.05, 3.63) is 11.4 Å². The minimum Gasteiger partial charge on any atom is -0.289 e. The number of piperidine rings is 1. The number of amides is 1. The van der Waals surface area contributed by atoms with Crippen LogP contribution in [0, 0.1) is 30.2 Å². The number of likely N-dealkylation sites (tertiary alicyclic amines) is 1. The van der Waals surface area contributed by atoms with E-state index in [1.807, 2.05) is 11.8 Å². The van der Waals surface area contributed by atoms with Crippen LogP contribution in [0.2, 0.25) is 0 Å². The molecule has 2 aliphatic rings. The highest BCUT2D eigenvalue weighted by atomic mass is 16.2. The monoisotopic (exact) mass is 220 g/mol. The van der Waals surface area contributed by atoms with Crippen LogP contribution < -0.4 is 0 Å². The third-order valence-corrected chi connectivity index (χ3v) is 4.41. The van der Waals surface area contributed by atoms with Crippen molar-refractivity contribution in [1.29, 1.82) is 0 Å². The predicted molar refractivity (Wildman–Crippen MR) is 62.3 cm³/mol. The Labute approximate surface area is 97.6 Å². The zero-order valence-corrected chi connectivity index (χ0v) is 10.3. The van der Waals surface area contributed by atoms with E-state index < -0.39 is 0 Å². The second kappa shape index (κ2) is 4.08. The Morgan fingerprint density at radius 3 is 2.81 bits per heavy atom. The van der Waals surface area contributed by atoms with Gasteiger partial charge in [0.15, 0.2) is 0 Å². The molecule has 1 aliphatic heterocycles. The molecule has 1 heterocycles. The van der Waals surface area contributed by atoms with Crippen LogP contribution in [0.25, 0.3) is 4.85 Å². The molecule has 1 aliphatic carbocycles. The number of hydrogen-bond donors (Lipinski definition) is 0. The summed E-state index contributed by atoms with van der Waals surface area (Å²) in [5, 5.41) is 0. The number of rotatable bonds is 3. The molecule has 2 rings (SSSR count). The summed E-state index contributed by atoms with van der Waals surface area (Å²) in [6.45, 7) is 14.3. The molecule has 2 fully saturated rings. The van der Waals surface area contributed by atoms with Gasteiger partial charge in [-0.15, -0.1) is 0 Å². The maximum atomic E-state index is 12.3. The van der Waals surface area contributed by atoms with E-state index in [0.717, 1.165) is 19.4 Å². The summed E-state index contributed by atoms with van der Waals surface area (Å²) in [6, 6.07) is 0. The maximum Gasteiger partial charge on any atom is 0.303 e. The standard InChI is InChI=1S/C13H20N2O/c1-5-8(2)9(3)13(16)15-7-10-6-11(10)12(15)14-4/h8-12H,5-7H2,1-3H3. The fourth-order valence-electron chi connectivity index (χ4n) is 2.68. The zero-order valence-electron chi connectivity index (χ0n) is 10.3. The van der Waals surface area contributed by atoms with Crippen LogP contribution in [0.15, 0.2) is 0 Å². The molecule has 3 nitrogen and oxygen atoms in total. The Hall–Kier alpha value is -1.04. The number of carbonyl (C=O) groups excluding carboxylic acids is 1. The molecule has 0 radical (unpaired) electrons. The van der Waals surface area contributed by atoms with Gasteiger partial charge in [0.25, 0.3) is 0 Å². The van der Waals surface area contributed by atoms with Gasteiger partial charge >= 0.3 is 6.17 Å². The molecule has 0 bridgehead atoms. The third kappa shape index (κ3) is 1.71. The second-order valence-electron chi connectivity index (χ2n) is 5.37. The van der Waals surface area contributed by atoms with Gasteiger partial charge in [0.1, 0.15) is 0 Å². The predicted octanol–water partition coefficient (Wildman–Crippen LogP) is 2.39. The summed E-state index contributed by atoms with van der Waals surface area (Å²) >= 11 is 0. The van der Waals surface area contributed by atoms with Crippen molar-refractivity contribution in [2.24, 2.45) is 23.7 Å². The van der Waals surface area contributed by atoms with Gasteiger partial charge in [0.2, 0.25) is 5.91 Å². The third-order valence-electron chi connectivity index (χ3n) is 4.41. The summed E-state index contributed by atoms with van der Waals surface area (Å²) in [4.78, 5) is 17.7. The van der Waals surface area contributed by atoms with E-state index in [1.54, 1.807) is 0 Å². The molecule has 3 heteroatoms. The van der Waals surface area contributed by atoms with Crippen molar-refractivity contribution < 1.29 is 4.79 Å². The lowest BCUT2D eigenvalue weighted by molar-refractivity contribution is -0.137. The number of hydrogen-bond acceptors (Lipinski definition) is 1. The molecule has 1 saturated carbocycles. The molecule has 1 saturated heterocycles. The van der Waals surface area contributed by atoms with E-state index in [0.29, 0.717) is 17.8 Å². The van der Waals surface area contributed by atoms with Crippen LogP contribution >= 0.6 is 0 Å². The van der Waals surface area contributed by atoms with E-state index in [4.69, 9.17) is 6.57 Å². The van der Waals surface area contributed by atoms with E-state index in [9.17, 15) is 4.79 Å². The summed E-state index contributed by atoms with van der Waals surface area (Å²) < 4.78 is 0. The summed E-state index contributed by atoms with van der Waals surface area (Å²) in [5.74, 6) is 1.79. The largest absolute Gasteiger partial charge is 0.303 e. The highest BCUT2D eigenvalue weighted by molar-refractivity contribution is 5.80. The Balaban J connectivity index is 2.03. The lowest BCUT2D eigenvalue weighted by atomic mass is 9.92. The summed E-state index contributed by atoms with van der Waals surface area (Å²) in [6.07, 6.45) is 2.04. The number of nitrogens with zero attached hydrogens (tertiary/aromatic N) is 2. The molecule has 0 N–H and O–H groups in total. The van der Waals surface area contributed by atoms with Crippen LogP contribution in [0.4, 0.5) is 0 Å². The first kappa shape index (κ1) is 11.4. The second-order valence-corrected chi connectivity index (χ2v) is 5.37. The zero-order chi connectivity index (χ0) is 11.9. The fraction of sp³-hybridized carbons (Fsp3) is 0.846. The van der Waals surface area contributed by atoms with Gasteiger partial charge in [-0.05, 0) is 18.3 Å². The van der Waals surface area contributed by atoms with Gasteiger partial charge in [-0.25, -0.2) is 6.57 Å². The van der Waals surface area contributed by atoms with Gasteiger partial charge in [0.05, 0.1) is 5.92 Å². The topological polar surface area (TPSA) is 24.7 Å². The quantitative estimate of drug-likeness (QED) is 0.670. The van der Waals surface area contributed by atoms with Crippen molar-refractivity contribution >= 4 is 5.91 Å². The van der Waals surface area contributed by atoms with Crippen molar-refractivity contribution in [2.75, 3.05) is 6.54 Å². The first-order chi connectivity index (χ1) is 7.60. The van der Waals surface area contributed by atoms with Crippen molar-refractivity contribution in [3.63, 3.8) is 0 Å². The Morgan fingerprint density at radius 1 is 1.56 bits per heavy atom.